The van der Waals surface area contributed by atoms with Crippen LogP contribution in [0.1, 0.15) is 10.4 Å². The van der Waals surface area contributed by atoms with Crippen LogP contribution in [0.5, 0.6) is 5.75 Å². The topological polar surface area (TPSA) is 44.8 Å². The lowest BCUT2D eigenvalue weighted by atomic mass is 10.1. The van der Waals surface area contributed by atoms with Crippen molar-refractivity contribution in [2.24, 2.45) is 0 Å². The van der Waals surface area contributed by atoms with Gasteiger partial charge in [0.05, 0.1) is 29.1 Å². The van der Waals surface area contributed by atoms with Gasteiger partial charge in [-0.1, -0.05) is 29.3 Å². The van der Waals surface area contributed by atoms with Gasteiger partial charge in [0.2, 0.25) is 0 Å². The average Bonchev–Trinajstić information content (AvgIpc) is 2.63. The largest absolute Gasteiger partial charge is 0.496 e. The molecule has 2 aromatic rings. The van der Waals surface area contributed by atoms with Gasteiger partial charge in [0.15, 0.2) is 0 Å². The first-order valence-corrected chi connectivity index (χ1v) is 9.12. The van der Waals surface area contributed by atoms with Gasteiger partial charge in [-0.3, -0.25) is 4.79 Å². The lowest BCUT2D eigenvalue weighted by molar-refractivity contribution is 0.102. The van der Waals surface area contributed by atoms with E-state index in [0.29, 0.717) is 27.0 Å². The van der Waals surface area contributed by atoms with Crippen molar-refractivity contribution >= 4 is 40.5 Å². The third kappa shape index (κ3) is 4.06. The van der Waals surface area contributed by atoms with Gasteiger partial charge in [-0.05, 0) is 37.4 Å². The zero-order valence-electron chi connectivity index (χ0n) is 14.8. The number of piperazine rings is 1. The molecule has 0 aromatic heterocycles. The minimum atomic E-state index is -0.290. The molecule has 1 amide bonds. The summed E-state index contributed by atoms with van der Waals surface area (Å²) >= 11 is 12.5. The summed E-state index contributed by atoms with van der Waals surface area (Å²) in [5.74, 6) is 0.178. The third-order valence-electron chi connectivity index (χ3n) is 4.46. The molecule has 1 aliphatic heterocycles. The number of anilines is 2. The molecule has 0 radical (unpaired) electrons. The standard InChI is InChI=1S/C19H21Cl2N3O2/c1-23-8-10-24(11-9-23)18-15(21)4-3-5-16(18)22-19(25)14-12-13(20)6-7-17(14)26-2/h3-7,12H,8-11H2,1-2H3,(H,22,25). The van der Waals surface area contributed by atoms with Gasteiger partial charge in [-0.2, -0.15) is 0 Å². The predicted octanol–water partition coefficient (Wildman–Crippen LogP) is 4.01. The molecular weight excluding hydrogens is 373 g/mol. The second kappa shape index (κ2) is 8.16. The van der Waals surface area contributed by atoms with Gasteiger partial charge in [0, 0.05) is 31.2 Å². The molecule has 7 heteroatoms. The van der Waals surface area contributed by atoms with Crippen molar-refractivity contribution in [1.29, 1.82) is 0 Å². The van der Waals surface area contributed by atoms with Crippen LogP contribution in [0.25, 0.3) is 0 Å². The zero-order valence-corrected chi connectivity index (χ0v) is 16.3. The molecular formula is C19H21Cl2N3O2. The monoisotopic (exact) mass is 393 g/mol. The summed E-state index contributed by atoms with van der Waals surface area (Å²) in [5.41, 5.74) is 1.90. The number of methoxy groups -OCH3 is 1. The first-order valence-electron chi connectivity index (χ1n) is 8.36. The Kier molecular flexibility index (Phi) is 5.91. The number of rotatable bonds is 4. The number of ether oxygens (including phenoxy) is 1. The maximum atomic E-state index is 12.8. The maximum absolute atomic E-state index is 12.8. The van der Waals surface area contributed by atoms with Gasteiger partial charge in [0.1, 0.15) is 5.75 Å². The molecule has 3 rings (SSSR count). The lowest BCUT2D eigenvalue weighted by Gasteiger charge is -2.35. The summed E-state index contributed by atoms with van der Waals surface area (Å²) in [7, 11) is 3.62. The minimum Gasteiger partial charge on any atom is -0.496 e. The highest BCUT2D eigenvalue weighted by atomic mass is 35.5. The van der Waals surface area contributed by atoms with Crippen molar-refractivity contribution < 1.29 is 9.53 Å². The number of carbonyl (C=O) groups excluding carboxylic acids is 1. The summed E-state index contributed by atoms with van der Waals surface area (Å²) in [5, 5.41) is 4.05. The molecule has 0 spiro atoms. The number of hydrogen-bond acceptors (Lipinski definition) is 4. The maximum Gasteiger partial charge on any atom is 0.259 e. The first kappa shape index (κ1) is 18.8. The van der Waals surface area contributed by atoms with Crippen molar-refractivity contribution in [3.8, 4) is 5.75 Å². The SMILES string of the molecule is COc1ccc(Cl)cc1C(=O)Nc1cccc(Cl)c1N1CCN(C)CC1. The summed E-state index contributed by atoms with van der Waals surface area (Å²) in [6.45, 7) is 3.59. The summed E-state index contributed by atoms with van der Waals surface area (Å²) < 4.78 is 5.28. The fourth-order valence-electron chi connectivity index (χ4n) is 3.01. The van der Waals surface area contributed by atoms with Crippen LogP contribution >= 0.6 is 23.2 Å². The number of nitrogens with one attached hydrogen (secondary N) is 1. The van der Waals surface area contributed by atoms with Crippen molar-refractivity contribution in [3.05, 3.63) is 52.0 Å². The van der Waals surface area contributed by atoms with Crippen molar-refractivity contribution in [1.82, 2.24) is 4.90 Å². The highest BCUT2D eigenvalue weighted by Gasteiger charge is 2.21. The Hall–Kier alpha value is -1.95. The Bertz CT molecular complexity index is 805. The molecule has 1 N–H and O–H groups in total. The van der Waals surface area contributed by atoms with Crippen molar-refractivity contribution in [2.45, 2.75) is 0 Å². The van der Waals surface area contributed by atoms with Crippen LogP contribution in [0.15, 0.2) is 36.4 Å². The highest BCUT2D eigenvalue weighted by Crippen LogP contribution is 2.35. The average molecular weight is 394 g/mol. The summed E-state index contributed by atoms with van der Waals surface area (Å²) in [4.78, 5) is 17.3. The number of nitrogens with zero attached hydrogens (tertiary/aromatic N) is 2. The lowest BCUT2D eigenvalue weighted by Crippen LogP contribution is -2.44. The van der Waals surface area contributed by atoms with Crippen molar-refractivity contribution in [3.63, 3.8) is 0 Å². The Morgan fingerprint density at radius 3 is 2.54 bits per heavy atom. The van der Waals surface area contributed by atoms with E-state index in [0.717, 1.165) is 31.9 Å². The highest BCUT2D eigenvalue weighted by molar-refractivity contribution is 6.34. The van der Waals surface area contributed by atoms with Crippen LogP contribution in [0.4, 0.5) is 11.4 Å². The number of carbonyl (C=O) groups is 1. The molecule has 0 unspecified atom stereocenters. The second-order valence-electron chi connectivity index (χ2n) is 6.23. The fraction of sp³-hybridized carbons (Fsp3) is 0.316. The summed E-state index contributed by atoms with van der Waals surface area (Å²) in [6, 6.07) is 10.5. The van der Waals surface area contributed by atoms with E-state index in [4.69, 9.17) is 27.9 Å². The number of benzene rings is 2. The normalized spacial score (nSPS) is 15.0. The van der Waals surface area contributed by atoms with Crippen LogP contribution in [0, 0.1) is 0 Å². The Morgan fingerprint density at radius 2 is 1.85 bits per heavy atom. The number of para-hydroxylation sites is 1. The van der Waals surface area contributed by atoms with Crippen LogP contribution in [0.2, 0.25) is 10.0 Å². The molecule has 0 saturated carbocycles. The molecule has 5 nitrogen and oxygen atoms in total. The molecule has 0 atom stereocenters. The molecule has 1 aliphatic rings. The van der Waals surface area contributed by atoms with Gasteiger partial charge >= 0.3 is 0 Å². The van der Waals surface area contributed by atoms with Crippen molar-refractivity contribution in [2.75, 3.05) is 50.6 Å². The van der Waals surface area contributed by atoms with E-state index in [1.807, 2.05) is 18.2 Å². The quantitative estimate of drug-likeness (QED) is 0.852. The molecule has 26 heavy (non-hydrogen) atoms. The van der Waals surface area contributed by atoms with E-state index in [-0.39, 0.29) is 5.91 Å². The molecule has 0 bridgehead atoms. The van der Waals surface area contributed by atoms with Gasteiger partial charge in [0.25, 0.3) is 5.91 Å². The first-order chi connectivity index (χ1) is 12.5. The van der Waals surface area contributed by atoms with Gasteiger partial charge < -0.3 is 19.9 Å². The smallest absolute Gasteiger partial charge is 0.259 e. The molecule has 1 saturated heterocycles. The van der Waals surface area contributed by atoms with Gasteiger partial charge in [-0.25, -0.2) is 0 Å². The molecule has 1 heterocycles. The Morgan fingerprint density at radius 1 is 1.12 bits per heavy atom. The molecule has 0 aliphatic carbocycles. The predicted molar refractivity (Wildman–Crippen MR) is 107 cm³/mol. The molecule has 138 valence electrons. The van der Waals surface area contributed by atoms with Crippen LogP contribution in [-0.4, -0.2) is 51.1 Å². The number of amides is 1. The van der Waals surface area contributed by atoms with Crippen LogP contribution < -0.4 is 15.0 Å². The van der Waals surface area contributed by atoms with E-state index in [1.165, 1.54) is 7.11 Å². The fourth-order valence-corrected chi connectivity index (χ4v) is 3.48. The number of halogens is 2. The zero-order chi connectivity index (χ0) is 18.7. The third-order valence-corrected chi connectivity index (χ3v) is 5.00. The van der Waals surface area contributed by atoms with Gasteiger partial charge in [-0.15, -0.1) is 0 Å². The number of likely N-dealkylation sites (N-methyl/N-ethyl adjacent to an activating group) is 1. The Balaban J connectivity index is 1.90. The molecule has 2 aromatic carbocycles. The number of hydrogen-bond donors (Lipinski definition) is 1. The van der Waals surface area contributed by atoms with Crippen LogP contribution in [-0.2, 0) is 0 Å². The molecule has 1 fully saturated rings. The van der Waals surface area contributed by atoms with E-state index < -0.39 is 0 Å². The van der Waals surface area contributed by atoms with E-state index in [2.05, 4.69) is 22.2 Å². The second-order valence-corrected chi connectivity index (χ2v) is 7.07. The van der Waals surface area contributed by atoms with Crippen LogP contribution in [0.3, 0.4) is 0 Å². The summed E-state index contributed by atoms with van der Waals surface area (Å²) in [6.07, 6.45) is 0. The van der Waals surface area contributed by atoms with E-state index in [9.17, 15) is 4.79 Å². The Labute approximate surface area is 163 Å². The van der Waals surface area contributed by atoms with E-state index in [1.54, 1.807) is 18.2 Å². The van der Waals surface area contributed by atoms with E-state index >= 15 is 0 Å². The minimum absolute atomic E-state index is 0.290.